The summed E-state index contributed by atoms with van der Waals surface area (Å²) < 4.78 is 0. The van der Waals surface area contributed by atoms with Crippen molar-refractivity contribution in [1.82, 2.24) is 9.88 Å². The molecule has 0 amide bonds. The van der Waals surface area contributed by atoms with Gasteiger partial charge < -0.3 is 14.9 Å². The molecule has 0 bridgehead atoms. The van der Waals surface area contributed by atoms with Crippen molar-refractivity contribution < 1.29 is 5.11 Å². The van der Waals surface area contributed by atoms with Gasteiger partial charge in [0.1, 0.15) is 0 Å². The van der Waals surface area contributed by atoms with Crippen LogP contribution < -0.4 is 4.90 Å². The quantitative estimate of drug-likeness (QED) is 0.742. The van der Waals surface area contributed by atoms with Gasteiger partial charge in [0, 0.05) is 36.7 Å². The number of aromatic nitrogens is 1. The van der Waals surface area contributed by atoms with Crippen molar-refractivity contribution in [1.29, 1.82) is 0 Å². The second-order valence-corrected chi connectivity index (χ2v) is 4.62. The lowest BCUT2D eigenvalue weighted by molar-refractivity contribution is 0.281. The highest BCUT2D eigenvalue weighted by molar-refractivity contribution is 5.51. The lowest BCUT2D eigenvalue weighted by atomic mass is 10.2. The Morgan fingerprint density at radius 1 is 1.11 bits per heavy atom. The second-order valence-electron chi connectivity index (χ2n) is 4.62. The number of aliphatic hydroxyl groups is 1. The fraction of sp³-hybridized carbons (Fsp3) is 0.667. The predicted molar refractivity (Wildman–Crippen MR) is 80.5 cm³/mol. The third kappa shape index (κ3) is 4.80. The van der Waals surface area contributed by atoms with Gasteiger partial charge in [0.05, 0.1) is 6.61 Å². The molecule has 0 atom stereocenters. The van der Waals surface area contributed by atoms with E-state index < -0.39 is 0 Å². The van der Waals surface area contributed by atoms with Gasteiger partial charge in [-0.15, -0.1) is 0 Å². The molecule has 0 aliphatic rings. The van der Waals surface area contributed by atoms with Gasteiger partial charge in [-0.05, 0) is 39.0 Å². The van der Waals surface area contributed by atoms with E-state index in [0.29, 0.717) is 0 Å². The number of hydrogen-bond donors (Lipinski definition) is 1. The third-order valence-corrected chi connectivity index (χ3v) is 3.57. The van der Waals surface area contributed by atoms with Crippen LogP contribution in [-0.4, -0.2) is 47.7 Å². The summed E-state index contributed by atoms with van der Waals surface area (Å²) >= 11 is 0. The molecule has 0 saturated carbocycles. The van der Waals surface area contributed by atoms with Crippen LogP contribution in [-0.2, 0) is 6.61 Å². The van der Waals surface area contributed by atoms with Crippen LogP contribution in [0.2, 0.25) is 0 Å². The Morgan fingerprint density at radius 2 is 1.84 bits per heavy atom. The summed E-state index contributed by atoms with van der Waals surface area (Å²) in [5.41, 5.74) is 2.02. The van der Waals surface area contributed by atoms with Gasteiger partial charge in [-0.3, -0.25) is 4.98 Å². The zero-order chi connectivity index (χ0) is 14.1. The highest BCUT2D eigenvalue weighted by Gasteiger charge is 2.09. The van der Waals surface area contributed by atoms with Crippen LogP contribution in [0.1, 0.15) is 32.8 Å². The molecule has 0 aromatic carbocycles. The molecular weight excluding hydrogens is 238 g/mol. The van der Waals surface area contributed by atoms with Crippen LogP contribution in [0.5, 0.6) is 0 Å². The van der Waals surface area contributed by atoms with E-state index in [0.717, 1.165) is 50.4 Å². The van der Waals surface area contributed by atoms with Crippen molar-refractivity contribution >= 4 is 5.69 Å². The van der Waals surface area contributed by atoms with Crippen LogP contribution in [0.4, 0.5) is 5.69 Å². The van der Waals surface area contributed by atoms with E-state index >= 15 is 0 Å². The molecule has 0 saturated heterocycles. The lowest BCUT2D eigenvalue weighted by Gasteiger charge is -2.26. The molecule has 0 radical (unpaired) electrons. The molecule has 1 heterocycles. The normalized spacial score (nSPS) is 11.0. The standard InChI is InChI=1S/C15H27N3O/c1-4-17(5-2)10-7-11-18(6-3)15-8-9-16-12-14(15)13-19/h8-9,12,19H,4-7,10-11,13H2,1-3H3. The Balaban J connectivity index is 2.58. The largest absolute Gasteiger partial charge is 0.392 e. The van der Waals surface area contributed by atoms with E-state index in [4.69, 9.17) is 0 Å². The molecule has 0 spiro atoms. The van der Waals surface area contributed by atoms with Crippen molar-refractivity contribution in [2.24, 2.45) is 0 Å². The Kier molecular flexibility index (Phi) is 7.45. The van der Waals surface area contributed by atoms with Crippen molar-refractivity contribution in [3.63, 3.8) is 0 Å². The van der Waals surface area contributed by atoms with Gasteiger partial charge in [-0.2, -0.15) is 0 Å². The number of hydrogen-bond acceptors (Lipinski definition) is 4. The SMILES string of the molecule is CCN(CC)CCCN(CC)c1ccncc1CO. The minimum absolute atomic E-state index is 0.0513. The summed E-state index contributed by atoms with van der Waals surface area (Å²) in [6.45, 7) is 11.9. The Morgan fingerprint density at radius 3 is 2.42 bits per heavy atom. The second kappa shape index (κ2) is 8.88. The number of aliphatic hydroxyl groups excluding tert-OH is 1. The number of rotatable bonds is 9. The first-order valence-corrected chi connectivity index (χ1v) is 7.27. The molecular formula is C15H27N3O. The average Bonchev–Trinajstić information content (AvgIpc) is 2.48. The van der Waals surface area contributed by atoms with E-state index in [2.05, 4.69) is 35.6 Å². The summed E-state index contributed by atoms with van der Waals surface area (Å²) in [6.07, 6.45) is 4.69. The molecule has 0 fully saturated rings. The van der Waals surface area contributed by atoms with E-state index in [1.165, 1.54) is 0 Å². The summed E-state index contributed by atoms with van der Waals surface area (Å²) in [4.78, 5) is 8.83. The van der Waals surface area contributed by atoms with E-state index in [-0.39, 0.29) is 6.61 Å². The number of anilines is 1. The van der Waals surface area contributed by atoms with Crippen LogP contribution in [0.25, 0.3) is 0 Å². The average molecular weight is 265 g/mol. The first-order valence-electron chi connectivity index (χ1n) is 7.27. The minimum atomic E-state index is 0.0513. The maximum absolute atomic E-state index is 9.38. The minimum Gasteiger partial charge on any atom is -0.392 e. The van der Waals surface area contributed by atoms with Crippen LogP contribution in [0.15, 0.2) is 18.5 Å². The molecule has 1 aromatic rings. The van der Waals surface area contributed by atoms with Gasteiger partial charge in [-0.1, -0.05) is 13.8 Å². The maximum Gasteiger partial charge on any atom is 0.0717 e. The summed E-state index contributed by atoms with van der Waals surface area (Å²) in [7, 11) is 0. The fourth-order valence-corrected chi connectivity index (χ4v) is 2.32. The molecule has 1 aromatic heterocycles. The molecule has 4 heteroatoms. The molecule has 0 unspecified atom stereocenters. The Labute approximate surface area is 117 Å². The first kappa shape index (κ1) is 15.9. The van der Waals surface area contributed by atoms with Gasteiger partial charge in [-0.25, -0.2) is 0 Å². The topological polar surface area (TPSA) is 39.6 Å². The molecule has 0 aliphatic carbocycles. The molecule has 108 valence electrons. The monoisotopic (exact) mass is 265 g/mol. The molecule has 4 nitrogen and oxygen atoms in total. The van der Waals surface area contributed by atoms with Crippen molar-refractivity contribution in [2.75, 3.05) is 37.6 Å². The highest BCUT2D eigenvalue weighted by Crippen LogP contribution is 2.19. The zero-order valence-electron chi connectivity index (χ0n) is 12.5. The zero-order valence-corrected chi connectivity index (χ0v) is 12.5. The molecule has 1 rings (SSSR count). The third-order valence-electron chi connectivity index (χ3n) is 3.57. The van der Waals surface area contributed by atoms with Crippen molar-refractivity contribution in [2.45, 2.75) is 33.8 Å². The number of pyridine rings is 1. The van der Waals surface area contributed by atoms with Crippen LogP contribution in [0, 0.1) is 0 Å². The van der Waals surface area contributed by atoms with Crippen LogP contribution in [0.3, 0.4) is 0 Å². The fourth-order valence-electron chi connectivity index (χ4n) is 2.32. The smallest absolute Gasteiger partial charge is 0.0717 e. The van der Waals surface area contributed by atoms with Gasteiger partial charge in [0.25, 0.3) is 0 Å². The summed E-state index contributed by atoms with van der Waals surface area (Å²) in [6, 6.07) is 1.99. The van der Waals surface area contributed by atoms with Gasteiger partial charge in [0.2, 0.25) is 0 Å². The van der Waals surface area contributed by atoms with Crippen molar-refractivity contribution in [3.05, 3.63) is 24.0 Å². The van der Waals surface area contributed by atoms with Gasteiger partial charge >= 0.3 is 0 Å². The van der Waals surface area contributed by atoms with Crippen LogP contribution >= 0.6 is 0 Å². The predicted octanol–water partition coefficient (Wildman–Crippen LogP) is 2.13. The lowest BCUT2D eigenvalue weighted by Crippen LogP contribution is -2.30. The van der Waals surface area contributed by atoms with E-state index in [1.807, 2.05) is 6.07 Å². The molecule has 0 aliphatic heterocycles. The maximum atomic E-state index is 9.38. The van der Waals surface area contributed by atoms with E-state index in [9.17, 15) is 5.11 Å². The molecule has 19 heavy (non-hydrogen) atoms. The highest BCUT2D eigenvalue weighted by atomic mass is 16.3. The molecule has 1 N–H and O–H groups in total. The summed E-state index contributed by atoms with van der Waals surface area (Å²) in [5.74, 6) is 0. The first-order chi connectivity index (χ1) is 9.26. The number of nitrogens with zero attached hydrogens (tertiary/aromatic N) is 3. The van der Waals surface area contributed by atoms with Crippen molar-refractivity contribution in [3.8, 4) is 0 Å². The Bertz CT molecular complexity index is 353. The Hall–Kier alpha value is -1.13. The van der Waals surface area contributed by atoms with Gasteiger partial charge in [0.15, 0.2) is 0 Å². The summed E-state index contributed by atoms with van der Waals surface area (Å²) in [5, 5.41) is 9.38. The van der Waals surface area contributed by atoms with E-state index in [1.54, 1.807) is 12.4 Å².